The van der Waals surface area contributed by atoms with E-state index in [1.807, 2.05) is 11.0 Å². The molecule has 4 rings (SSSR count). The molecule has 4 heterocycles. The van der Waals surface area contributed by atoms with Gasteiger partial charge in [-0.25, -0.2) is 9.97 Å². The second kappa shape index (κ2) is 8.55. The number of nitrogens with one attached hydrogen (secondary N) is 2. The van der Waals surface area contributed by atoms with Gasteiger partial charge in [0.25, 0.3) is 0 Å². The number of amides is 2. The zero-order chi connectivity index (χ0) is 20.9. The molecule has 0 aliphatic carbocycles. The summed E-state index contributed by atoms with van der Waals surface area (Å²) >= 11 is 0. The second-order valence-corrected chi connectivity index (χ2v) is 6.60. The SMILES string of the molecule is CC(=O)N1CCN(c2ccc(NC(=O)c3nnc(Nc4ccccn4)o3)cn2)CC1. The van der Waals surface area contributed by atoms with Gasteiger partial charge in [0.2, 0.25) is 5.91 Å². The summed E-state index contributed by atoms with van der Waals surface area (Å²) in [5, 5.41) is 13.0. The zero-order valence-corrected chi connectivity index (χ0v) is 16.3. The lowest BCUT2D eigenvalue weighted by atomic mass is 10.3. The number of carbonyl (C=O) groups is 2. The molecule has 0 atom stereocenters. The number of carbonyl (C=O) groups excluding carboxylic acids is 2. The fraction of sp³-hybridized carbons (Fsp3) is 0.263. The highest BCUT2D eigenvalue weighted by Gasteiger charge is 2.20. The van der Waals surface area contributed by atoms with E-state index >= 15 is 0 Å². The molecular weight excluding hydrogens is 388 g/mol. The van der Waals surface area contributed by atoms with Crippen LogP contribution >= 0.6 is 0 Å². The van der Waals surface area contributed by atoms with Crippen LogP contribution in [0.2, 0.25) is 0 Å². The van der Waals surface area contributed by atoms with Gasteiger partial charge >= 0.3 is 17.8 Å². The number of rotatable bonds is 5. The Morgan fingerprint density at radius 3 is 2.53 bits per heavy atom. The topological polar surface area (TPSA) is 129 Å². The molecule has 2 N–H and O–H groups in total. The Labute approximate surface area is 172 Å². The van der Waals surface area contributed by atoms with E-state index in [1.165, 1.54) is 0 Å². The second-order valence-electron chi connectivity index (χ2n) is 6.60. The van der Waals surface area contributed by atoms with E-state index < -0.39 is 5.91 Å². The first kappa shape index (κ1) is 19.3. The lowest BCUT2D eigenvalue weighted by Crippen LogP contribution is -2.48. The molecule has 11 nitrogen and oxygen atoms in total. The number of piperazine rings is 1. The van der Waals surface area contributed by atoms with Crippen LogP contribution in [0.15, 0.2) is 47.1 Å². The molecule has 0 aromatic carbocycles. The van der Waals surface area contributed by atoms with Gasteiger partial charge < -0.3 is 19.5 Å². The van der Waals surface area contributed by atoms with Gasteiger partial charge in [0, 0.05) is 39.3 Å². The Kier molecular flexibility index (Phi) is 5.50. The van der Waals surface area contributed by atoms with E-state index in [0.29, 0.717) is 37.7 Å². The van der Waals surface area contributed by atoms with Gasteiger partial charge in [-0.2, -0.15) is 0 Å². The lowest BCUT2D eigenvalue weighted by molar-refractivity contribution is -0.129. The minimum atomic E-state index is -0.541. The summed E-state index contributed by atoms with van der Waals surface area (Å²) in [6.45, 7) is 4.34. The van der Waals surface area contributed by atoms with Crippen molar-refractivity contribution < 1.29 is 14.0 Å². The quantitative estimate of drug-likeness (QED) is 0.645. The van der Waals surface area contributed by atoms with Gasteiger partial charge in [-0.1, -0.05) is 11.2 Å². The van der Waals surface area contributed by atoms with E-state index in [-0.39, 0.29) is 17.8 Å². The van der Waals surface area contributed by atoms with Crippen molar-refractivity contribution in [3.63, 3.8) is 0 Å². The summed E-state index contributed by atoms with van der Waals surface area (Å²) in [4.78, 5) is 36.2. The number of nitrogens with zero attached hydrogens (tertiary/aromatic N) is 6. The molecule has 1 saturated heterocycles. The highest BCUT2D eigenvalue weighted by atomic mass is 16.4. The first-order valence-electron chi connectivity index (χ1n) is 9.38. The summed E-state index contributed by atoms with van der Waals surface area (Å²) in [6, 6.07) is 8.96. The summed E-state index contributed by atoms with van der Waals surface area (Å²) in [7, 11) is 0. The summed E-state index contributed by atoms with van der Waals surface area (Å²) in [5.74, 6) is 0.673. The Balaban J connectivity index is 1.33. The Bertz CT molecular complexity index is 1010. The highest BCUT2D eigenvalue weighted by Crippen LogP contribution is 2.18. The molecule has 154 valence electrons. The third-order valence-electron chi connectivity index (χ3n) is 4.57. The standard InChI is InChI=1S/C19H20N8O3/c1-13(28)26-8-10-27(11-9-26)16-6-5-14(12-21-16)22-17(29)18-24-25-19(30-18)23-15-4-2-3-7-20-15/h2-7,12H,8-11H2,1H3,(H,22,29)(H,20,23,25). The van der Waals surface area contributed by atoms with E-state index in [4.69, 9.17) is 4.42 Å². The first-order valence-corrected chi connectivity index (χ1v) is 9.38. The summed E-state index contributed by atoms with van der Waals surface area (Å²) in [6.07, 6.45) is 3.18. The van der Waals surface area contributed by atoms with E-state index in [2.05, 4.69) is 35.7 Å². The van der Waals surface area contributed by atoms with E-state index in [9.17, 15) is 9.59 Å². The van der Waals surface area contributed by atoms with Gasteiger partial charge in [0.1, 0.15) is 11.6 Å². The van der Waals surface area contributed by atoms with Crippen molar-refractivity contribution in [3.8, 4) is 0 Å². The molecule has 3 aromatic rings. The fourth-order valence-electron chi connectivity index (χ4n) is 2.99. The van der Waals surface area contributed by atoms with Gasteiger partial charge in [-0.05, 0) is 24.3 Å². The molecule has 1 fully saturated rings. The molecular formula is C19H20N8O3. The average molecular weight is 408 g/mol. The average Bonchev–Trinajstić information content (AvgIpc) is 3.24. The van der Waals surface area contributed by atoms with Gasteiger partial charge in [0.15, 0.2) is 0 Å². The third kappa shape index (κ3) is 4.51. The molecule has 0 saturated carbocycles. The molecule has 0 bridgehead atoms. The molecule has 0 unspecified atom stereocenters. The minimum absolute atomic E-state index is 0.0667. The number of hydrogen-bond acceptors (Lipinski definition) is 9. The van der Waals surface area contributed by atoms with E-state index in [0.717, 1.165) is 5.82 Å². The van der Waals surface area contributed by atoms with Crippen LogP contribution < -0.4 is 15.5 Å². The molecule has 0 spiro atoms. The van der Waals surface area contributed by atoms with Crippen molar-refractivity contribution in [2.75, 3.05) is 41.7 Å². The van der Waals surface area contributed by atoms with Crippen molar-refractivity contribution in [2.24, 2.45) is 0 Å². The van der Waals surface area contributed by atoms with Crippen molar-refractivity contribution in [1.29, 1.82) is 0 Å². The molecule has 30 heavy (non-hydrogen) atoms. The van der Waals surface area contributed by atoms with Crippen molar-refractivity contribution in [2.45, 2.75) is 6.92 Å². The third-order valence-corrected chi connectivity index (χ3v) is 4.57. The van der Waals surface area contributed by atoms with Crippen LogP contribution in [0.3, 0.4) is 0 Å². The van der Waals surface area contributed by atoms with E-state index in [1.54, 1.807) is 43.6 Å². The Morgan fingerprint density at radius 1 is 1.03 bits per heavy atom. The maximum atomic E-state index is 12.3. The molecule has 11 heteroatoms. The fourth-order valence-corrected chi connectivity index (χ4v) is 2.99. The maximum Gasteiger partial charge on any atom is 0.321 e. The minimum Gasteiger partial charge on any atom is -0.399 e. The zero-order valence-electron chi connectivity index (χ0n) is 16.3. The normalized spacial score (nSPS) is 13.8. The van der Waals surface area contributed by atoms with Crippen LogP contribution in [0, 0.1) is 0 Å². The molecule has 0 radical (unpaired) electrons. The number of hydrogen-bond donors (Lipinski definition) is 2. The Morgan fingerprint density at radius 2 is 1.87 bits per heavy atom. The van der Waals surface area contributed by atoms with Gasteiger partial charge in [-0.3, -0.25) is 14.9 Å². The van der Waals surface area contributed by atoms with Crippen molar-refractivity contribution in [3.05, 3.63) is 48.6 Å². The van der Waals surface area contributed by atoms with Crippen LogP contribution in [0.4, 0.5) is 23.3 Å². The van der Waals surface area contributed by atoms with Crippen LogP contribution in [0.5, 0.6) is 0 Å². The molecule has 3 aromatic heterocycles. The molecule has 1 aliphatic heterocycles. The number of pyridine rings is 2. The van der Waals surface area contributed by atoms with Gasteiger partial charge in [0.05, 0.1) is 11.9 Å². The maximum absolute atomic E-state index is 12.3. The predicted octanol–water partition coefficient (Wildman–Crippen LogP) is 1.52. The number of anilines is 4. The molecule has 1 aliphatic rings. The van der Waals surface area contributed by atoms with Crippen LogP contribution in [-0.2, 0) is 4.79 Å². The number of aromatic nitrogens is 4. The highest BCUT2D eigenvalue weighted by molar-refractivity contribution is 6.00. The largest absolute Gasteiger partial charge is 0.399 e. The van der Waals surface area contributed by atoms with Crippen molar-refractivity contribution >= 4 is 35.2 Å². The summed E-state index contributed by atoms with van der Waals surface area (Å²) in [5.41, 5.74) is 0.503. The Hall–Kier alpha value is -4.02. The first-order chi connectivity index (χ1) is 14.6. The molecule has 2 amide bonds. The summed E-state index contributed by atoms with van der Waals surface area (Å²) < 4.78 is 5.32. The van der Waals surface area contributed by atoms with Crippen LogP contribution in [-0.4, -0.2) is 63.1 Å². The van der Waals surface area contributed by atoms with Crippen LogP contribution in [0.25, 0.3) is 0 Å². The monoisotopic (exact) mass is 408 g/mol. The smallest absolute Gasteiger partial charge is 0.321 e. The van der Waals surface area contributed by atoms with Crippen LogP contribution in [0.1, 0.15) is 17.6 Å². The lowest BCUT2D eigenvalue weighted by Gasteiger charge is -2.34. The predicted molar refractivity (Wildman–Crippen MR) is 108 cm³/mol. The van der Waals surface area contributed by atoms with Crippen molar-refractivity contribution in [1.82, 2.24) is 25.1 Å². The van der Waals surface area contributed by atoms with Gasteiger partial charge in [-0.15, -0.1) is 5.10 Å².